The van der Waals surface area contributed by atoms with E-state index >= 15 is 0 Å². The van der Waals surface area contributed by atoms with Gasteiger partial charge < -0.3 is 22.9 Å². The smallest absolute Gasteiger partial charge is 0.103 e. The average molecular weight is 176 g/mol. The monoisotopic (exact) mass is 176 g/mol. The van der Waals surface area contributed by atoms with E-state index in [0.29, 0.717) is 0 Å². The Morgan fingerprint density at radius 2 is 0.750 bits per heavy atom. The van der Waals surface area contributed by atoms with Crippen molar-refractivity contribution >= 4 is 0 Å². The maximum atomic E-state index is 5.58. The fourth-order valence-electron chi connectivity index (χ4n) is 1.10. The maximum absolute atomic E-state index is 5.58. The summed E-state index contributed by atoms with van der Waals surface area (Å²) in [6.07, 6.45) is -2.43. The minimum absolute atomic E-state index is 0.607. The molecule has 0 radical (unpaired) electrons. The fourth-order valence-corrected chi connectivity index (χ4v) is 1.10. The first-order chi connectivity index (χ1) is 5.46. The van der Waals surface area contributed by atoms with Crippen molar-refractivity contribution in [2.45, 2.75) is 24.7 Å². The molecule has 1 heterocycles. The Kier molecular flexibility index (Phi) is 2.61. The maximum Gasteiger partial charge on any atom is 0.103 e. The van der Waals surface area contributed by atoms with E-state index in [9.17, 15) is 0 Å². The van der Waals surface area contributed by atoms with E-state index in [4.69, 9.17) is 34.6 Å². The van der Waals surface area contributed by atoms with Gasteiger partial charge in [-0.1, -0.05) is 0 Å². The second-order valence-corrected chi connectivity index (χ2v) is 2.86. The van der Waals surface area contributed by atoms with E-state index in [1.807, 2.05) is 0 Å². The Balaban J connectivity index is 2.76. The first-order valence-corrected chi connectivity index (χ1v) is 3.55. The summed E-state index contributed by atoms with van der Waals surface area (Å²) in [6, 6.07) is 0. The highest BCUT2D eigenvalue weighted by Crippen LogP contribution is 2.09. The molecule has 0 aromatic rings. The minimum Gasteiger partial charge on any atom is -0.312 e. The first kappa shape index (κ1) is 9.77. The van der Waals surface area contributed by atoms with Crippen molar-refractivity contribution in [2.24, 2.45) is 34.6 Å². The highest BCUT2D eigenvalue weighted by Gasteiger charge is 2.39. The fraction of sp³-hybridized carbons (Fsp3) is 1.00. The zero-order valence-electron chi connectivity index (χ0n) is 6.67. The summed E-state index contributed by atoms with van der Waals surface area (Å²) < 4.78 is 0. The third-order valence-electron chi connectivity index (χ3n) is 2.08. The molecule has 8 heteroatoms. The molecule has 12 N–H and O–H groups in total. The summed E-state index contributed by atoms with van der Waals surface area (Å²) in [4.78, 5) is 0. The SMILES string of the molecule is NC1C(N)N(N)C(N)C(N)N1N. The molecule has 1 aliphatic rings. The lowest BCUT2D eigenvalue weighted by Gasteiger charge is -2.47. The second-order valence-electron chi connectivity index (χ2n) is 2.86. The van der Waals surface area contributed by atoms with Gasteiger partial charge in [0.1, 0.15) is 24.7 Å². The summed E-state index contributed by atoms with van der Waals surface area (Å²) in [5, 5.41) is 2.41. The predicted octanol–water partition coefficient (Wildman–Crippen LogP) is -4.51. The molecule has 72 valence electrons. The lowest BCUT2D eigenvalue weighted by atomic mass is 10.2. The number of nitrogens with two attached hydrogens (primary N) is 6. The zero-order valence-corrected chi connectivity index (χ0v) is 6.67. The van der Waals surface area contributed by atoms with Crippen LogP contribution in [0.25, 0.3) is 0 Å². The van der Waals surface area contributed by atoms with Crippen molar-refractivity contribution in [1.29, 1.82) is 0 Å². The molecule has 0 aliphatic carbocycles. The summed E-state index contributed by atoms with van der Waals surface area (Å²) in [6.45, 7) is 0. The van der Waals surface area contributed by atoms with E-state index in [2.05, 4.69) is 0 Å². The van der Waals surface area contributed by atoms with Crippen molar-refractivity contribution in [3.8, 4) is 0 Å². The van der Waals surface area contributed by atoms with Gasteiger partial charge in [0.15, 0.2) is 0 Å². The van der Waals surface area contributed by atoms with Crippen LogP contribution in [0.1, 0.15) is 0 Å². The van der Waals surface area contributed by atoms with Crippen LogP contribution in [0.4, 0.5) is 0 Å². The van der Waals surface area contributed by atoms with Gasteiger partial charge in [-0.25, -0.2) is 10.0 Å². The Hall–Kier alpha value is -0.320. The van der Waals surface area contributed by atoms with Gasteiger partial charge in [-0.05, 0) is 0 Å². The topological polar surface area (TPSA) is 163 Å². The van der Waals surface area contributed by atoms with Crippen LogP contribution in [0, 0.1) is 0 Å². The van der Waals surface area contributed by atoms with Crippen LogP contribution in [-0.2, 0) is 0 Å². The Morgan fingerprint density at radius 3 is 0.917 bits per heavy atom. The normalized spacial score (nSPS) is 46.5. The molecule has 0 aromatic carbocycles. The van der Waals surface area contributed by atoms with E-state index in [0.717, 1.165) is 0 Å². The van der Waals surface area contributed by atoms with Gasteiger partial charge in [0.05, 0.1) is 0 Å². The third kappa shape index (κ3) is 1.30. The van der Waals surface area contributed by atoms with Crippen molar-refractivity contribution in [1.82, 2.24) is 10.0 Å². The molecule has 8 nitrogen and oxygen atoms in total. The van der Waals surface area contributed by atoms with Gasteiger partial charge in [0.2, 0.25) is 0 Å². The van der Waals surface area contributed by atoms with Crippen molar-refractivity contribution in [2.75, 3.05) is 0 Å². The van der Waals surface area contributed by atoms with E-state index < -0.39 is 24.7 Å². The molecule has 4 atom stereocenters. The van der Waals surface area contributed by atoms with Crippen LogP contribution in [0.3, 0.4) is 0 Å². The lowest BCUT2D eigenvalue weighted by molar-refractivity contribution is -0.0594. The van der Waals surface area contributed by atoms with E-state index in [1.54, 1.807) is 0 Å². The largest absolute Gasteiger partial charge is 0.312 e. The molecule has 0 amide bonds. The van der Waals surface area contributed by atoms with Gasteiger partial charge in [-0.2, -0.15) is 0 Å². The minimum atomic E-state index is -0.607. The molecule has 4 unspecified atom stereocenters. The molecule has 0 aromatic heterocycles. The molecule has 0 spiro atoms. The van der Waals surface area contributed by atoms with Crippen molar-refractivity contribution in [3.05, 3.63) is 0 Å². The molecule has 0 saturated carbocycles. The number of piperazine rings is 1. The number of hydrogen-bond donors (Lipinski definition) is 6. The average Bonchev–Trinajstić information content (AvgIpc) is 2.08. The molecular weight excluding hydrogens is 160 g/mol. The molecular formula is C4H16N8. The van der Waals surface area contributed by atoms with Gasteiger partial charge >= 0.3 is 0 Å². The number of hydrazine groups is 2. The molecule has 1 aliphatic heterocycles. The van der Waals surface area contributed by atoms with Crippen LogP contribution >= 0.6 is 0 Å². The highest BCUT2D eigenvalue weighted by molar-refractivity contribution is 4.88. The van der Waals surface area contributed by atoms with Crippen molar-refractivity contribution < 1.29 is 0 Å². The Bertz CT molecular complexity index is 103. The number of rotatable bonds is 0. The van der Waals surface area contributed by atoms with Crippen LogP contribution in [0.15, 0.2) is 0 Å². The second kappa shape index (κ2) is 3.20. The third-order valence-corrected chi connectivity index (χ3v) is 2.08. The van der Waals surface area contributed by atoms with E-state index in [-0.39, 0.29) is 0 Å². The highest BCUT2D eigenvalue weighted by atomic mass is 15.6. The van der Waals surface area contributed by atoms with Gasteiger partial charge in [-0.3, -0.25) is 11.7 Å². The predicted molar refractivity (Wildman–Crippen MR) is 44.0 cm³/mol. The summed E-state index contributed by atoms with van der Waals surface area (Å²) >= 11 is 0. The number of hydrogen-bond acceptors (Lipinski definition) is 8. The zero-order chi connectivity index (χ0) is 9.46. The standard InChI is InChI=1S/C4H16N8/c5-1-2(6)12(10)4(8)3(7)11(1)9/h1-4H,5-10H2. The van der Waals surface area contributed by atoms with Gasteiger partial charge in [0.25, 0.3) is 0 Å². The molecule has 12 heavy (non-hydrogen) atoms. The molecule has 1 rings (SSSR count). The first-order valence-electron chi connectivity index (χ1n) is 3.55. The summed E-state index contributed by atoms with van der Waals surface area (Å²) in [7, 11) is 0. The van der Waals surface area contributed by atoms with Crippen molar-refractivity contribution in [3.63, 3.8) is 0 Å². The van der Waals surface area contributed by atoms with Crippen LogP contribution in [-0.4, -0.2) is 34.7 Å². The van der Waals surface area contributed by atoms with E-state index in [1.165, 1.54) is 10.0 Å². The molecule has 1 saturated heterocycles. The van der Waals surface area contributed by atoms with Gasteiger partial charge in [-0.15, -0.1) is 0 Å². The Labute approximate surface area is 70.3 Å². The summed E-state index contributed by atoms with van der Waals surface area (Å²) in [5.74, 6) is 11.0. The molecule has 1 fully saturated rings. The lowest BCUT2D eigenvalue weighted by Crippen LogP contribution is -2.80. The van der Waals surface area contributed by atoms with Gasteiger partial charge in [0, 0.05) is 0 Å². The quantitative estimate of drug-likeness (QED) is 0.201. The van der Waals surface area contributed by atoms with Crippen LogP contribution < -0.4 is 34.6 Å². The van der Waals surface area contributed by atoms with Crippen LogP contribution in [0.5, 0.6) is 0 Å². The molecule has 0 bridgehead atoms. The Morgan fingerprint density at radius 1 is 0.583 bits per heavy atom. The summed E-state index contributed by atoms with van der Waals surface area (Å²) in [5.41, 5.74) is 22.3. The van der Waals surface area contributed by atoms with Crippen LogP contribution in [0.2, 0.25) is 0 Å². The number of nitrogens with zero attached hydrogens (tertiary/aromatic N) is 2.